The highest BCUT2D eigenvalue weighted by molar-refractivity contribution is 7.80. The van der Waals surface area contributed by atoms with Crippen LogP contribution in [0.5, 0.6) is 0 Å². The minimum absolute atomic E-state index is 0.210. The lowest BCUT2D eigenvalue weighted by atomic mass is 10.0. The molecule has 4 unspecified atom stereocenters. The number of ether oxygens (including phenoxy) is 1. The van der Waals surface area contributed by atoms with Crippen molar-refractivity contribution in [2.75, 3.05) is 0 Å². The number of carbonyl (C=O) groups excluding carboxylic acids is 1. The number of rotatable bonds is 5. The molecule has 0 aliphatic heterocycles. The first kappa shape index (κ1) is 13.6. The van der Waals surface area contributed by atoms with Gasteiger partial charge in [-0.2, -0.15) is 0 Å². The summed E-state index contributed by atoms with van der Waals surface area (Å²) >= 11 is -2.15. The van der Waals surface area contributed by atoms with Crippen LogP contribution in [-0.4, -0.2) is 26.1 Å². The number of esters is 1. The number of carbonyl (C=O) groups is 1. The molecule has 0 aromatic carbocycles. The minimum atomic E-state index is -2.15. The molecular formula is C9H18O4S. The lowest BCUT2D eigenvalue weighted by molar-refractivity contribution is -0.149. The highest BCUT2D eigenvalue weighted by Crippen LogP contribution is 2.12. The van der Waals surface area contributed by atoms with Crippen LogP contribution in [0.2, 0.25) is 0 Å². The summed E-state index contributed by atoms with van der Waals surface area (Å²) in [6, 6.07) is 0. The maximum absolute atomic E-state index is 11.2. The second kappa shape index (κ2) is 6.14. The molecule has 0 aromatic heterocycles. The standard InChI is InChI=1S/C9H18O4S/c1-5-6(2)7(3)13-9(10)8(4)14(11)12/h6-8H,5H2,1-4H3,(H,11,12). The zero-order chi connectivity index (χ0) is 11.3. The first-order chi connectivity index (χ1) is 6.40. The molecule has 0 bridgehead atoms. The molecule has 0 aliphatic rings. The van der Waals surface area contributed by atoms with Crippen molar-refractivity contribution >= 4 is 17.0 Å². The molecule has 0 saturated carbocycles. The predicted octanol–water partition coefficient (Wildman–Crippen LogP) is 1.57. The fourth-order valence-corrected chi connectivity index (χ4v) is 1.03. The normalized spacial score (nSPS) is 19.5. The Morgan fingerprint density at radius 3 is 2.29 bits per heavy atom. The van der Waals surface area contributed by atoms with Crippen LogP contribution in [-0.2, 0) is 20.6 Å². The predicted molar refractivity (Wildman–Crippen MR) is 55.2 cm³/mol. The van der Waals surface area contributed by atoms with Crippen molar-refractivity contribution in [1.82, 2.24) is 0 Å². The summed E-state index contributed by atoms with van der Waals surface area (Å²) < 4.78 is 24.3. The van der Waals surface area contributed by atoms with E-state index in [2.05, 4.69) is 0 Å². The summed E-state index contributed by atoms with van der Waals surface area (Å²) in [5.74, 6) is -0.350. The second-order valence-corrected chi connectivity index (χ2v) is 4.71. The van der Waals surface area contributed by atoms with Gasteiger partial charge in [0.2, 0.25) is 0 Å². The molecule has 0 amide bonds. The van der Waals surface area contributed by atoms with Gasteiger partial charge in [0.05, 0.1) is 0 Å². The smallest absolute Gasteiger partial charge is 0.324 e. The summed E-state index contributed by atoms with van der Waals surface area (Å²) in [4.78, 5) is 11.2. The van der Waals surface area contributed by atoms with E-state index in [1.54, 1.807) is 6.92 Å². The number of hydrogen-bond donors (Lipinski definition) is 1. The Balaban J connectivity index is 4.12. The molecule has 84 valence electrons. The van der Waals surface area contributed by atoms with Crippen molar-refractivity contribution in [3.8, 4) is 0 Å². The Labute approximate surface area is 87.3 Å². The first-order valence-electron chi connectivity index (χ1n) is 4.70. The molecule has 0 aliphatic carbocycles. The fraction of sp³-hybridized carbons (Fsp3) is 0.889. The van der Waals surface area contributed by atoms with E-state index in [1.807, 2.05) is 13.8 Å². The quantitative estimate of drug-likeness (QED) is 0.566. The molecule has 14 heavy (non-hydrogen) atoms. The second-order valence-electron chi connectivity index (χ2n) is 3.45. The van der Waals surface area contributed by atoms with E-state index in [-0.39, 0.29) is 12.0 Å². The maximum Gasteiger partial charge on any atom is 0.324 e. The van der Waals surface area contributed by atoms with E-state index in [0.717, 1.165) is 6.42 Å². The van der Waals surface area contributed by atoms with Crippen LogP contribution >= 0.6 is 0 Å². The van der Waals surface area contributed by atoms with Crippen LogP contribution in [0, 0.1) is 5.92 Å². The van der Waals surface area contributed by atoms with Gasteiger partial charge < -0.3 is 9.29 Å². The van der Waals surface area contributed by atoms with Crippen molar-refractivity contribution in [2.45, 2.75) is 45.5 Å². The Hall–Kier alpha value is -0.420. The molecule has 4 nitrogen and oxygen atoms in total. The Bertz CT molecular complexity index is 217. The van der Waals surface area contributed by atoms with E-state index in [9.17, 15) is 9.00 Å². The molecule has 0 fully saturated rings. The van der Waals surface area contributed by atoms with Crippen LogP contribution in [0.4, 0.5) is 0 Å². The van der Waals surface area contributed by atoms with Crippen LogP contribution in [0.1, 0.15) is 34.1 Å². The highest BCUT2D eigenvalue weighted by atomic mass is 32.2. The summed E-state index contributed by atoms with van der Waals surface area (Å²) in [6.07, 6.45) is 0.698. The zero-order valence-electron chi connectivity index (χ0n) is 9.02. The van der Waals surface area contributed by atoms with Gasteiger partial charge in [0.1, 0.15) is 6.10 Å². The van der Waals surface area contributed by atoms with Crippen molar-refractivity contribution in [3.05, 3.63) is 0 Å². The summed E-state index contributed by atoms with van der Waals surface area (Å²) in [6.45, 7) is 7.14. The van der Waals surface area contributed by atoms with Gasteiger partial charge in [0.25, 0.3) is 0 Å². The van der Waals surface area contributed by atoms with Crippen LogP contribution in [0.15, 0.2) is 0 Å². The van der Waals surface area contributed by atoms with E-state index < -0.39 is 22.3 Å². The Kier molecular flexibility index (Phi) is 5.95. The Morgan fingerprint density at radius 1 is 1.43 bits per heavy atom. The molecule has 0 radical (unpaired) electrons. The Morgan fingerprint density at radius 2 is 1.93 bits per heavy atom. The lowest BCUT2D eigenvalue weighted by Gasteiger charge is -2.20. The van der Waals surface area contributed by atoms with Crippen molar-refractivity contribution in [1.29, 1.82) is 0 Å². The summed E-state index contributed by atoms with van der Waals surface area (Å²) in [7, 11) is 0. The molecular weight excluding hydrogens is 204 g/mol. The van der Waals surface area contributed by atoms with Crippen molar-refractivity contribution in [3.63, 3.8) is 0 Å². The first-order valence-corrected chi connectivity index (χ1v) is 5.87. The van der Waals surface area contributed by atoms with Gasteiger partial charge in [0.15, 0.2) is 16.3 Å². The van der Waals surface area contributed by atoms with E-state index >= 15 is 0 Å². The lowest BCUT2D eigenvalue weighted by Crippen LogP contribution is -2.30. The van der Waals surface area contributed by atoms with Gasteiger partial charge in [-0.3, -0.25) is 4.79 Å². The third kappa shape index (κ3) is 4.19. The average molecular weight is 222 g/mol. The van der Waals surface area contributed by atoms with Crippen molar-refractivity contribution in [2.24, 2.45) is 5.92 Å². The zero-order valence-corrected chi connectivity index (χ0v) is 9.84. The molecule has 0 heterocycles. The average Bonchev–Trinajstić information content (AvgIpc) is 2.14. The third-order valence-corrected chi connectivity index (χ3v) is 3.18. The van der Waals surface area contributed by atoms with Crippen LogP contribution < -0.4 is 0 Å². The third-order valence-electron chi connectivity index (χ3n) is 2.38. The van der Waals surface area contributed by atoms with Gasteiger partial charge in [-0.1, -0.05) is 20.3 Å². The van der Waals surface area contributed by atoms with Gasteiger partial charge >= 0.3 is 5.97 Å². The van der Waals surface area contributed by atoms with E-state index in [0.29, 0.717) is 0 Å². The van der Waals surface area contributed by atoms with Gasteiger partial charge in [-0.25, -0.2) is 4.21 Å². The molecule has 5 heteroatoms. The van der Waals surface area contributed by atoms with E-state index in [1.165, 1.54) is 6.92 Å². The van der Waals surface area contributed by atoms with Gasteiger partial charge in [0, 0.05) is 0 Å². The van der Waals surface area contributed by atoms with Crippen LogP contribution in [0.25, 0.3) is 0 Å². The van der Waals surface area contributed by atoms with Crippen LogP contribution in [0.3, 0.4) is 0 Å². The SMILES string of the molecule is CCC(C)C(C)OC(=O)C(C)S(=O)O. The molecule has 0 rings (SSSR count). The largest absolute Gasteiger partial charge is 0.461 e. The van der Waals surface area contributed by atoms with E-state index in [4.69, 9.17) is 9.29 Å². The molecule has 0 saturated heterocycles. The maximum atomic E-state index is 11.2. The molecule has 0 aromatic rings. The van der Waals surface area contributed by atoms with Crippen molar-refractivity contribution < 1.29 is 18.3 Å². The topological polar surface area (TPSA) is 63.6 Å². The summed E-state index contributed by atoms with van der Waals surface area (Å²) in [5.41, 5.74) is 0. The monoisotopic (exact) mass is 222 g/mol. The van der Waals surface area contributed by atoms with Gasteiger partial charge in [-0.05, 0) is 19.8 Å². The minimum Gasteiger partial charge on any atom is -0.461 e. The molecule has 4 atom stereocenters. The number of hydrogen-bond acceptors (Lipinski definition) is 3. The molecule has 1 N–H and O–H groups in total. The highest BCUT2D eigenvalue weighted by Gasteiger charge is 2.23. The fourth-order valence-electron chi connectivity index (χ4n) is 0.809. The van der Waals surface area contributed by atoms with Gasteiger partial charge in [-0.15, -0.1) is 0 Å². The summed E-state index contributed by atoms with van der Waals surface area (Å²) in [5, 5.41) is -0.971. The molecule has 0 spiro atoms.